The summed E-state index contributed by atoms with van der Waals surface area (Å²) in [6.07, 6.45) is 3.68. The minimum atomic E-state index is -0.718. The van der Waals surface area contributed by atoms with Gasteiger partial charge in [0.25, 0.3) is 0 Å². The van der Waals surface area contributed by atoms with Crippen molar-refractivity contribution in [2.45, 2.75) is 32.7 Å². The second kappa shape index (κ2) is 6.80. The number of primary amides is 1. The van der Waals surface area contributed by atoms with Crippen LogP contribution in [0.1, 0.15) is 32.3 Å². The molecule has 8 nitrogen and oxygen atoms in total. The summed E-state index contributed by atoms with van der Waals surface area (Å²) >= 11 is 0. The van der Waals surface area contributed by atoms with Crippen LogP contribution >= 0.6 is 0 Å². The Morgan fingerprint density at radius 1 is 1.46 bits per heavy atom. The van der Waals surface area contributed by atoms with Crippen LogP contribution in [0.3, 0.4) is 0 Å². The smallest absolute Gasteiger partial charge is 0.312 e. The Labute approximate surface area is 142 Å². The van der Waals surface area contributed by atoms with Crippen LogP contribution in [-0.4, -0.2) is 57.5 Å². The maximum absolute atomic E-state index is 12.9. The first kappa shape index (κ1) is 18.3. The number of aryl methyl sites for hydroxylation is 1. The van der Waals surface area contributed by atoms with Gasteiger partial charge in [0.05, 0.1) is 6.20 Å². The van der Waals surface area contributed by atoms with Gasteiger partial charge in [-0.15, -0.1) is 0 Å². The normalized spacial score (nSPS) is 22.5. The van der Waals surface area contributed by atoms with E-state index in [-0.39, 0.29) is 24.3 Å². The van der Waals surface area contributed by atoms with Crippen molar-refractivity contribution in [1.82, 2.24) is 20.0 Å². The number of amides is 3. The van der Waals surface area contributed by atoms with E-state index in [1.165, 1.54) is 0 Å². The summed E-state index contributed by atoms with van der Waals surface area (Å²) in [6.45, 7) is 6.56. The van der Waals surface area contributed by atoms with Gasteiger partial charge < -0.3 is 21.1 Å². The van der Waals surface area contributed by atoms with E-state index in [1.807, 2.05) is 34.0 Å². The van der Waals surface area contributed by atoms with E-state index in [0.29, 0.717) is 13.1 Å². The fraction of sp³-hybridized carbons (Fsp3) is 0.688. The summed E-state index contributed by atoms with van der Waals surface area (Å²) in [5.41, 5.74) is 5.77. The van der Waals surface area contributed by atoms with Crippen LogP contribution in [0.4, 0.5) is 4.79 Å². The van der Waals surface area contributed by atoms with E-state index in [4.69, 9.17) is 5.73 Å². The highest BCUT2D eigenvalue weighted by Gasteiger charge is 2.41. The number of aliphatic hydroxyl groups excluding tert-OH is 1. The van der Waals surface area contributed by atoms with Gasteiger partial charge in [-0.1, -0.05) is 20.8 Å². The Morgan fingerprint density at radius 2 is 2.12 bits per heavy atom. The number of nitrogens with one attached hydrogen (secondary N) is 1. The summed E-state index contributed by atoms with van der Waals surface area (Å²) in [5, 5.41) is 16.4. The second-order valence-corrected chi connectivity index (χ2v) is 7.55. The molecule has 2 rings (SSSR count). The first-order chi connectivity index (χ1) is 11.1. The lowest BCUT2D eigenvalue weighted by Crippen LogP contribution is -2.55. The number of aromatic nitrogens is 2. The molecule has 0 bridgehead atoms. The fourth-order valence-corrected chi connectivity index (χ4v) is 3.22. The lowest BCUT2D eigenvalue weighted by Gasteiger charge is -2.33. The molecule has 4 N–H and O–H groups in total. The molecular weight excluding hydrogens is 310 g/mol. The molecule has 0 aromatic carbocycles. The van der Waals surface area contributed by atoms with Crippen molar-refractivity contribution in [1.29, 1.82) is 0 Å². The molecule has 1 aromatic heterocycles. The molecule has 0 spiro atoms. The minimum Gasteiger partial charge on any atom is -0.396 e. The SMILES string of the molecule is Cn1cc([C@@H]2CN(C(=O)C(NC(N)=O)C(C)(C)C)C[C@H]2CO)cn1. The van der Waals surface area contributed by atoms with Crippen LogP contribution in [0.5, 0.6) is 0 Å². The third-order valence-corrected chi connectivity index (χ3v) is 4.54. The molecule has 1 saturated heterocycles. The quantitative estimate of drug-likeness (QED) is 0.719. The van der Waals surface area contributed by atoms with E-state index < -0.39 is 17.5 Å². The Balaban J connectivity index is 2.19. The largest absolute Gasteiger partial charge is 0.396 e. The van der Waals surface area contributed by atoms with Crippen molar-refractivity contribution in [3.63, 3.8) is 0 Å². The summed E-state index contributed by atoms with van der Waals surface area (Å²) in [6, 6.07) is -1.42. The van der Waals surface area contributed by atoms with Gasteiger partial charge in [0, 0.05) is 44.8 Å². The molecular formula is C16H27N5O3. The number of hydrogen-bond donors (Lipinski definition) is 3. The van der Waals surface area contributed by atoms with Crippen LogP contribution in [0.15, 0.2) is 12.4 Å². The second-order valence-electron chi connectivity index (χ2n) is 7.55. The minimum absolute atomic E-state index is 0.00717. The van der Waals surface area contributed by atoms with Crippen molar-refractivity contribution in [2.75, 3.05) is 19.7 Å². The molecule has 134 valence electrons. The molecule has 0 radical (unpaired) electrons. The lowest BCUT2D eigenvalue weighted by molar-refractivity contribution is -0.134. The third kappa shape index (κ3) is 3.87. The van der Waals surface area contributed by atoms with E-state index in [0.717, 1.165) is 5.56 Å². The average molecular weight is 337 g/mol. The molecule has 0 saturated carbocycles. The van der Waals surface area contributed by atoms with Crippen molar-refractivity contribution < 1.29 is 14.7 Å². The van der Waals surface area contributed by atoms with Gasteiger partial charge >= 0.3 is 6.03 Å². The van der Waals surface area contributed by atoms with Crippen molar-refractivity contribution >= 4 is 11.9 Å². The maximum atomic E-state index is 12.9. The molecule has 2 heterocycles. The van der Waals surface area contributed by atoms with Crippen molar-refractivity contribution in [3.8, 4) is 0 Å². The highest BCUT2D eigenvalue weighted by atomic mass is 16.3. The van der Waals surface area contributed by atoms with Crippen LogP contribution in [0, 0.1) is 11.3 Å². The van der Waals surface area contributed by atoms with E-state index in [1.54, 1.807) is 15.8 Å². The van der Waals surface area contributed by atoms with E-state index in [9.17, 15) is 14.7 Å². The summed E-state index contributed by atoms with van der Waals surface area (Å²) < 4.78 is 1.71. The van der Waals surface area contributed by atoms with Gasteiger partial charge in [0.15, 0.2) is 0 Å². The number of hydrogen-bond acceptors (Lipinski definition) is 4. The van der Waals surface area contributed by atoms with Gasteiger partial charge in [-0.3, -0.25) is 9.48 Å². The first-order valence-electron chi connectivity index (χ1n) is 8.07. The van der Waals surface area contributed by atoms with Crippen molar-refractivity contribution in [2.24, 2.45) is 24.1 Å². The molecule has 0 aliphatic carbocycles. The van der Waals surface area contributed by atoms with Crippen LogP contribution < -0.4 is 11.1 Å². The number of likely N-dealkylation sites (tertiary alicyclic amines) is 1. The highest BCUT2D eigenvalue weighted by molar-refractivity contribution is 5.87. The monoisotopic (exact) mass is 337 g/mol. The van der Waals surface area contributed by atoms with Gasteiger partial charge in [-0.2, -0.15) is 5.10 Å². The zero-order valence-electron chi connectivity index (χ0n) is 14.7. The van der Waals surface area contributed by atoms with E-state index in [2.05, 4.69) is 10.4 Å². The maximum Gasteiger partial charge on any atom is 0.312 e. The highest BCUT2D eigenvalue weighted by Crippen LogP contribution is 2.33. The Kier molecular flexibility index (Phi) is 5.17. The molecule has 24 heavy (non-hydrogen) atoms. The zero-order chi connectivity index (χ0) is 18.1. The summed E-state index contributed by atoms with van der Waals surface area (Å²) in [7, 11) is 1.84. The molecule has 8 heteroatoms. The number of carbonyl (C=O) groups excluding carboxylic acids is 2. The zero-order valence-corrected chi connectivity index (χ0v) is 14.7. The topological polar surface area (TPSA) is 113 Å². The Bertz CT molecular complexity index is 607. The first-order valence-corrected chi connectivity index (χ1v) is 8.07. The van der Waals surface area contributed by atoms with Gasteiger partial charge in [-0.05, 0) is 11.0 Å². The summed E-state index contributed by atoms with van der Waals surface area (Å²) in [4.78, 5) is 25.9. The molecule has 3 amide bonds. The van der Waals surface area contributed by atoms with Crippen molar-refractivity contribution in [3.05, 3.63) is 18.0 Å². The average Bonchev–Trinajstić information content (AvgIpc) is 3.08. The Hall–Kier alpha value is -2.09. The van der Waals surface area contributed by atoms with Gasteiger partial charge in [0.1, 0.15) is 6.04 Å². The molecule has 1 unspecified atom stereocenters. The molecule has 1 aliphatic heterocycles. The lowest BCUT2D eigenvalue weighted by atomic mass is 9.86. The summed E-state index contributed by atoms with van der Waals surface area (Å²) in [5.74, 6) is -0.194. The Morgan fingerprint density at radius 3 is 2.58 bits per heavy atom. The number of nitrogens with two attached hydrogens (primary N) is 1. The number of rotatable bonds is 4. The number of carbonyl (C=O) groups is 2. The van der Waals surface area contributed by atoms with Gasteiger partial charge in [0.2, 0.25) is 5.91 Å². The number of aliphatic hydroxyl groups is 1. The molecule has 1 fully saturated rings. The predicted octanol–water partition coefficient (Wildman–Crippen LogP) is 0.0374. The van der Waals surface area contributed by atoms with E-state index >= 15 is 0 Å². The molecule has 1 aliphatic rings. The molecule has 1 aromatic rings. The number of urea groups is 1. The fourth-order valence-electron chi connectivity index (χ4n) is 3.22. The van der Waals surface area contributed by atoms with Crippen LogP contribution in [-0.2, 0) is 11.8 Å². The molecule has 3 atom stereocenters. The van der Waals surface area contributed by atoms with Gasteiger partial charge in [-0.25, -0.2) is 4.79 Å². The van der Waals surface area contributed by atoms with Crippen LogP contribution in [0.2, 0.25) is 0 Å². The third-order valence-electron chi connectivity index (χ3n) is 4.54. The predicted molar refractivity (Wildman–Crippen MR) is 89.1 cm³/mol. The standard InChI is InChI=1S/C16H27N5O3/c1-16(2,3)13(19-15(17)24)14(23)21-7-11(9-22)12(8-21)10-5-18-20(4)6-10/h5-6,11-13,22H,7-9H2,1-4H3,(H3,17,19,24)/t11-,12-,13?/m0/s1. The number of nitrogens with zero attached hydrogens (tertiary/aromatic N) is 3. The van der Waals surface area contributed by atoms with Crippen LogP contribution in [0.25, 0.3) is 0 Å².